The molecule has 39 valence electrons. The molecule has 0 bridgehead atoms. The summed E-state index contributed by atoms with van der Waals surface area (Å²) in [7, 11) is 1.42. The SMILES string of the molecule is OP.[H-].[K+].[O]=[V]=[O].[W]. The fourth-order valence-corrected chi connectivity index (χ4v) is 0. The van der Waals surface area contributed by atoms with Crippen LogP contribution in [0, 0.1) is 0 Å². The Hall–Kier alpha value is 2.90. The van der Waals surface area contributed by atoms with Gasteiger partial charge in [0, 0.05) is 21.1 Å². The summed E-state index contributed by atoms with van der Waals surface area (Å²) in [5, 5.41) is 0. The quantitative estimate of drug-likeness (QED) is 0.364. The van der Waals surface area contributed by atoms with E-state index in [1.807, 2.05) is 0 Å². The molecule has 0 saturated carbocycles. The van der Waals surface area contributed by atoms with E-state index in [-0.39, 0.29) is 73.9 Å². The molecule has 0 aromatic carbocycles. The molecule has 0 aromatic rings. The first kappa shape index (κ1) is 22.5. The van der Waals surface area contributed by atoms with Crippen LogP contribution in [0.1, 0.15) is 1.43 Å². The second kappa shape index (κ2) is 36.5. The van der Waals surface area contributed by atoms with Gasteiger partial charge in [-0.15, -0.1) is 0 Å². The Bertz CT molecular complexity index is 40.3. The Morgan fingerprint density at radius 1 is 1.43 bits per heavy atom. The van der Waals surface area contributed by atoms with Gasteiger partial charge in [0.25, 0.3) is 0 Å². The van der Waals surface area contributed by atoms with Gasteiger partial charge in [-0.05, 0) is 9.47 Å². The van der Waals surface area contributed by atoms with Crippen LogP contribution in [0.2, 0.25) is 0 Å². The molecular formula is H4KO3PVW. The van der Waals surface area contributed by atoms with Crippen LogP contribution in [-0.2, 0) is 44.6 Å². The molecule has 0 radical (unpaired) electrons. The number of hydrogen-bond donors (Lipinski definition) is 1. The van der Waals surface area contributed by atoms with Gasteiger partial charge in [0.1, 0.15) is 0 Å². The minimum atomic E-state index is -1.81. The summed E-state index contributed by atoms with van der Waals surface area (Å²) in [6.45, 7) is 0. The minimum absolute atomic E-state index is 0. The minimum Gasteiger partial charge on any atom is 0 e. The number of hydrogen-bond acceptors (Lipinski definition) is 3. The standard InChI is InChI=1S/K.H3OP.2O.V.W.H/c;1-2;;;;;/h;1H,2H2;;;;;/q+1;;;;;;-1. The maximum Gasteiger partial charge on any atom is 0 e. The van der Waals surface area contributed by atoms with Crippen LogP contribution in [0.5, 0.6) is 0 Å². The molecule has 7 heavy (non-hydrogen) atoms. The molecule has 3 nitrogen and oxygen atoms in total. The van der Waals surface area contributed by atoms with E-state index < -0.39 is 16.2 Å². The van der Waals surface area contributed by atoms with Gasteiger partial charge in [-0.1, -0.05) is 0 Å². The Balaban J connectivity index is -0.00000000567. The third kappa shape index (κ3) is 50.4. The van der Waals surface area contributed by atoms with Crippen molar-refractivity contribution in [2.45, 2.75) is 0 Å². The summed E-state index contributed by atoms with van der Waals surface area (Å²) < 4.78 is 16.9. The van der Waals surface area contributed by atoms with Gasteiger partial charge in [0.15, 0.2) is 0 Å². The van der Waals surface area contributed by atoms with Crippen molar-refractivity contribution in [2.24, 2.45) is 0 Å². The van der Waals surface area contributed by atoms with Gasteiger partial charge in [-0.2, -0.15) is 0 Å². The van der Waals surface area contributed by atoms with E-state index in [2.05, 4.69) is 0 Å². The molecule has 1 unspecified atom stereocenters. The maximum absolute atomic E-state index is 8.47. The average molecular weight is 357 g/mol. The second-order valence-electron chi connectivity index (χ2n) is 0.0745. The summed E-state index contributed by atoms with van der Waals surface area (Å²) >= 11 is -1.81. The third-order valence-electron chi connectivity index (χ3n) is 0. The van der Waals surface area contributed by atoms with Crippen molar-refractivity contribution in [3.8, 4) is 0 Å². The van der Waals surface area contributed by atoms with E-state index >= 15 is 0 Å². The molecule has 0 heterocycles. The van der Waals surface area contributed by atoms with E-state index in [0.717, 1.165) is 0 Å². The van der Waals surface area contributed by atoms with Crippen molar-refractivity contribution < 1.29 is 102 Å². The average Bonchev–Trinajstić information content (AvgIpc) is 1.46. The molecule has 0 saturated heterocycles. The fraction of sp³-hybridized carbons (Fsp3) is 0. The Kier molecular flexibility index (Phi) is 118. The molecular weight excluding hydrogens is 353 g/mol. The smallest absolute Gasteiger partial charge is 0 e. The molecule has 0 aliphatic carbocycles. The molecule has 0 amide bonds. The van der Waals surface area contributed by atoms with Crippen LogP contribution >= 0.6 is 9.47 Å². The van der Waals surface area contributed by atoms with Gasteiger partial charge < -0.3 is 6.32 Å². The zero-order valence-electron chi connectivity index (χ0n) is 4.70. The first-order chi connectivity index (χ1) is 2.41. The molecule has 0 spiro atoms. The van der Waals surface area contributed by atoms with E-state index in [4.69, 9.17) is 12.2 Å². The largest absolute Gasteiger partial charge is 0 e. The van der Waals surface area contributed by atoms with Crippen molar-refractivity contribution in [3.63, 3.8) is 0 Å². The molecule has 0 rings (SSSR count). The molecule has 1 N–H and O–H groups in total. The molecule has 0 aliphatic heterocycles. The first-order valence-corrected chi connectivity index (χ1v) is 2.28. The van der Waals surface area contributed by atoms with E-state index in [0.29, 0.717) is 0 Å². The molecule has 1 atom stereocenters. The van der Waals surface area contributed by atoms with Crippen LogP contribution in [0.25, 0.3) is 0 Å². The van der Waals surface area contributed by atoms with Gasteiger partial charge in [0.05, 0.1) is 0 Å². The molecule has 0 fully saturated rings. The summed E-state index contributed by atoms with van der Waals surface area (Å²) in [6.07, 6.45) is 0. The van der Waals surface area contributed by atoms with E-state index in [9.17, 15) is 0 Å². The van der Waals surface area contributed by atoms with Gasteiger partial charge >= 0.3 is 74.9 Å². The fourth-order valence-electron chi connectivity index (χ4n) is 0. The zero-order chi connectivity index (χ0) is 4.71. The van der Waals surface area contributed by atoms with E-state index in [1.54, 1.807) is 0 Å². The van der Waals surface area contributed by atoms with Crippen molar-refractivity contribution >= 4 is 9.47 Å². The monoisotopic (exact) mass is 357 g/mol. The molecule has 7 heteroatoms. The zero-order valence-corrected chi connectivity index (χ0v) is 12.3. The first-order valence-electron chi connectivity index (χ1n) is 0.623. The third-order valence-corrected chi connectivity index (χ3v) is 0. The van der Waals surface area contributed by atoms with Crippen LogP contribution in [-0.4, -0.2) is 4.89 Å². The maximum atomic E-state index is 8.47. The predicted molar refractivity (Wildman–Crippen MR) is 14.4 cm³/mol. The van der Waals surface area contributed by atoms with Crippen LogP contribution in [0.15, 0.2) is 0 Å². The Morgan fingerprint density at radius 2 is 1.43 bits per heavy atom. The second-order valence-corrected chi connectivity index (χ2v) is 0.307. The summed E-state index contributed by atoms with van der Waals surface area (Å²) in [5.41, 5.74) is 0. The summed E-state index contributed by atoms with van der Waals surface area (Å²) in [5.74, 6) is 0. The normalized spacial score (nSPS) is 2.00. The molecule has 0 aliphatic rings. The van der Waals surface area contributed by atoms with Crippen molar-refractivity contribution in [2.75, 3.05) is 0 Å². The summed E-state index contributed by atoms with van der Waals surface area (Å²) in [4.78, 5) is 6.92. The van der Waals surface area contributed by atoms with Gasteiger partial charge in [0.2, 0.25) is 0 Å². The van der Waals surface area contributed by atoms with Crippen molar-refractivity contribution in [1.82, 2.24) is 0 Å². The summed E-state index contributed by atoms with van der Waals surface area (Å²) in [6, 6.07) is 0. The molecule has 0 aromatic heterocycles. The van der Waals surface area contributed by atoms with Crippen LogP contribution in [0.4, 0.5) is 0 Å². The predicted octanol–water partition coefficient (Wildman–Crippen LogP) is -3.36. The van der Waals surface area contributed by atoms with Crippen LogP contribution in [0.3, 0.4) is 0 Å². The van der Waals surface area contributed by atoms with Crippen molar-refractivity contribution in [1.29, 1.82) is 0 Å². The Labute approximate surface area is 109 Å². The van der Waals surface area contributed by atoms with Gasteiger partial charge in [-0.25, -0.2) is 0 Å². The van der Waals surface area contributed by atoms with Gasteiger partial charge in [-0.3, -0.25) is 0 Å². The van der Waals surface area contributed by atoms with Crippen molar-refractivity contribution in [3.05, 3.63) is 0 Å². The topological polar surface area (TPSA) is 54.4 Å². The van der Waals surface area contributed by atoms with Crippen LogP contribution < -0.4 is 51.4 Å². The number of rotatable bonds is 0. The Morgan fingerprint density at radius 3 is 1.43 bits per heavy atom. The van der Waals surface area contributed by atoms with E-state index in [1.165, 1.54) is 9.47 Å².